The third kappa shape index (κ3) is 57.7. The SMILES string of the molecule is CC/C=C\C/C=C\C/C=C\C/C=C\C/C=C\CCCCCC(=O)OC(COC(=O)CCCCCCC/C=C\CCCCCCCC)COC(=O)CCCCCCCCCCCCCCCCCCCCCC. The van der Waals surface area contributed by atoms with Gasteiger partial charge in [0.2, 0.25) is 0 Å². The van der Waals surface area contributed by atoms with Gasteiger partial charge in [-0.25, -0.2) is 0 Å². The van der Waals surface area contributed by atoms with Gasteiger partial charge in [-0.2, -0.15) is 0 Å². The minimum Gasteiger partial charge on any atom is -0.462 e. The number of ether oxygens (including phenoxy) is 3. The fourth-order valence-corrected chi connectivity index (χ4v) is 8.82. The Hall–Kier alpha value is -3.15. The molecule has 0 spiro atoms. The normalized spacial score (nSPS) is 12.5. The summed E-state index contributed by atoms with van der Waals surface area (Å²) >= 11 is 0. The zero-order valence-corrected chi connectivity index (χ0v) is 47.7. The van der Waals surface area contributed by atoms with E-state index in [1.54, 1.807) is 0 Å². The summed E-state index contributed by atoms with van der Waals surface area (Å²) in [7, 11) is 0. The summed E-state index contributed by atoms with van der Waals surface area (Å²) in [4.78, 5) is 38.3. The number of hydrogen-bond acceptors (Lipinski definition) is 6. The van der Waals surface area contributed by atoms with Crippen LogP contribution >= 0.6 is 0 Å². The molecule has 1 atom stereocenters. The van der Waals surface area contributed by atoms with Crippen LogP contribution < -0.4 is 0 Å². The number of carbonyl (C=O) groups is 3. The van der Waals surface area contributed by atoms with Crippen LogP contribution in [0.1, 0.15) is 310 Å². The molecule has 0 aliphatic rings. The van der Waals surface area contributed by atoms with Crippen LogP contribution in [0.4, 0.5) is 0 Å². The van der Waals surface area contributed by atoms with Crippen molar-refractivity contribution in [2.75, 3.05) is 13.2 Å². The maximum Gasteiger partial charge on any atom is 0.306 e. The molecule has 0 heterocycles. The lowest BCUT2D eigenvalue weighted by Gasteiger charge is -2.18. The van der Waals surface area contributed by atoms with Gasteiger partial charge in [0.1, 0.15) is 13.2 Å². The lowest BCUT2D eigenvalue weighted by atomic mass is 10.0. The van der Waals surface area contributed by atoms with Gasteiger partial charge in [0.15, 0.2) is 6.10 Å². The average molecular weight is 1010 g/mol. The molecule has 0 amide bonds. The first-order chi connectivity index (χ1) is 35.5. The minimum absolute atomic E-state index is 0.0888. The number of esters is 3. The predicted octanol–water partition coefficient (Wildman–Crippen LogP) is 20.9. The molecular weight excluding hydrogens is 889 g/mol. The summed E-state index contributed by atoms with van der Waals surface area (Å²) in [6.07, 6.45) is 77.6. The van der Waals surface area contributed by atoms with E-state index in [-0.39, 0.29) is 31.1 Å². The first kappa shape index (κ1) is 68.8. The van der Waals surface area contributed by atoms with Crippen LogP contribution in [0.25, 0.3) is 0 Å². The van der Waals surface area contributed by atoms with E-state index in [1.807, 2.05) is 0 Å². The smallest absolute Gasteiger partial charge is 0.306 e. The van der Waals surface area contributed by atoms with Gasteiger partial charge in [-0.05, 0) is 89.9 Å². The number of carbonyl (C=O) groups excluding carboxylic acids is 3. The van der Waals surface area contributed by atoms with Crippen LogP contribution in [-0.4, -0.2) is 37.2 Å². The minimum atomic E-state index is -0.796. The highest BCUT2D eigenvalue weighted by Crippen LogP contribution is 2.17. The van der Waals surface area contributed by atoms with Crippen molar-refractivity contribution < 1.29 is 28.6 Å². The van der Waals surface area contributed by atoms with Crippen molar-refractivity contribution >= 4 is 17.9 Å². The third-order valence-electron chi connectivity index (χ3n) is 13.4. The Morgan fingerprint density at radius 2 is 0.542 bits per heavy atom. The highest BCUT2D eigenvalue weighted by Gasteiger charge is 2.19. The van der Waals surface area contributed by atoms with Crippen LogP contribution in [0.15, 0.2) is 72.9 Å². The molecule has 0 aliphatic carbocycles. The summed E-state index contributed by atoms with van der Waals surface area (Å²) in [5.41, 5.74) is 0. The molecule has 0 rings (SSSR count). The van der Waals surface area contributed by atoms with Gasteiger partial charge in [-0.15, -0.1) is 0 Å². The number of hydrogen-bond donors (Lipinski definition) is 0. The third-order valence-corrected chi connectivity index (χ3v) is 13.4. The summed E-state index contributed by atoms with van der Waals surface area (Å²) < 4.78 is 16.9. The van der Waals surface area contributed by atoms with Gasteiger partial charge in [0, 0.05) is 19.3 Å². The topological polar surface area (TPSA) is 78.9 Å². The van der Waals surface area contributed by atoms with Crippen LogP contribution in [-0.2, 0) is 28.6 Å². The molecule has 0 N–H and O–H groups in total. The first-order valence-electron chi connectivity index (χ1n) is 30.9. The second-order valence-corrected chi connectivity index (χ2v) is 20.6. The van der Waals surface area contributed by atoms with Crippen molar-refractivity contribution in [1.82, 2.24) is 0 Å². The van der Waals surface area contributed by atoms with Crippen LogP contribution in [0, 0.1) is 0 Å². The molecule has 0 radical (unpaired) electrons. The number of rotatable bonds is 56. The van der Waals surface area contributed by atoms with Gasteiger partial charge in [0.25, 0.3) is 0 Å². The van der Waals surface area contributed by atoms with Crippen LogP contribution in [0.3, 0.4) is 0 Å². The molecule has 0 aromatic carbocycles. The highest BCUT2D eigenvalue weighted by atomic mass is 16.6. The number of allylic oxidation sites excluding steroid dienone is 12. The van der Waals surface area contributed by atoms with Gasteiger partial charge < -0.3 is 14.2 Å². The molecule has 6 nitrogen and oxygen atoms in total. The zero-order chi connectivity index (χ0) is 52.2. The molecule has 6 heteroatoms. The molecule has 0 aromatic rings. The zero-order valence-electron chi connectivity index (χ0n) is 47.7. The number of unbranched alkanes of at least 4 members (excludes halogenated alkanes) is 33. The second kappa shape index (κ2) is 60.4. The molecule has 416 valence electrons. The Bertz CT molecular complexity index is 1340. The van der Waals surface area contributed by atoms with Crippen molar-refractivity contribution in [2.24, 2.45) is 0 Å². The van der Waals surface area contributed by atoms with Gasteiger partial charge in [0.05, 0.1) is 0 Å². The lowest BCUT2D eigenvalue weighted by Crippen LogP contribution is -2.30. The van der Waals surface area contributed by atoms with Crippen molar-refractivity contribution in [1.29, 1.82) is 0 Å². The van der Waals surface area contributed by atoms with Crippen LogP contribution in [0.5, 0.6) is 0 Å². The van der Waals surface area contributed by atoms with E-state index < -0.39 is 6.10 Å². The Morgan fingerprint density at radius 3 is 0.875 bits per heavy atom. The predicted molar refractivity (Wildman–Crippen MR) is 311 cm³/mol. The van der Waals surface area contributed by atoms with E-state index in [4.69, 9.17) is 14.2 Å². The molecule has 0 saturated heterocycles. The quantitative estimate of drug-likeness (QED) is 0.0261. The van der Waals surface area contributed by atoms with E-state index in [9.17, 15) is 14.4 Å². The summed E-state index contributed by atoms with van der Waals surface area (Å²) in [5.74, 6) is -0.916. The maximum absolute atomic E-state index is 12.9. The average Bonchev–Trinajstić information content (AvgIpc) is 3.38. The Kier molecular flexibility index (Phi) is 57.8. The van der Waals surface area contributed by atoms with Crippen molar-refractivity contribution in [3.8, 4) is 0 Å². The molecule has 0 saturated carbocycles. The van der Waals surface area contributed by atoms with E-state index in [2.05, 4.69) is 93.7 Å². The fraction of sp³-hybridized carbons (Fsp3) is 0.773. The second-order valence-electron chi connectivity index (χ2n) is 20.6. The molecule has 0 fully saturated rings. The summed E-state index contributed by atoms with van der Waals surface area (Å²) in [5, 5.41) is 0. The van der Waals surface area contributed by atoms with E-state index >= 15 is 0 Å². The Labute approximate surface area is 446 Å². The van der Waals surface area contributed by atoms with Crippen molar-refractivity contribution in [2.45, 2.75) is 316 Å². The van der Waals surface area contributed by atoms with E-state index in [0.717, 1.165) is 103 Å². The standard InChI is InChI=1S/C66H116O6/c1-4-7-10-13-16-19-22-25-28-30-32-34-35-38-41-44-47-50-53-56-59-65(68)71-62-63(61-70-64(67)58-55-52-49-46-43-40-37-27-24-21-18-15-12-9-6-3)72-66(69)60-57-54-51-48-45-42-39-36-33-31-29-26-23-20-17-14-11-8-5-2/h8,11,17,20,26-27,29,33,36-37,42,45,63H,4-7,9-10,12-16,18-19,21-25,28,30-32,34-35,38-41,43-44,46-62H2,1-3H3/b11-8-,20-17-,29-26-,36-33-,37-27-,45-42-. The summed E-state index contributed by atoms with van der Waals surface area (Å²) in [6, 6.07) is 0. The molecule has 1 unspecified atom stereocenters. The van der Waals surface area contributed by atoms with Gasteiger partial charge in [-0.3, -0.25) is 14.4 Å². The molecular formula is C66H116O6. The van der Waals surface area contributed by atoms with Gasteiger partial charge >= 0.3 is 17.9 Å². The monoisotopic (exact) mass is 1000 g/mol. The lowest BCUT2D eigenvalue weighted by molar-refractivity contribution is -0.167. The first-order valence-corrected chi connectivity index (χ1v) is 30.9. The molecule has 0 aliphatic heterocycles. The maximum atomic E-state index is 12.9. The Balaban J connectivity index is 4.41. The van der Waals surface area contributed by atoms with Crippen molar-refractivity contribution in [3.05, 3.63) is 72.9 Å². The molecule has 0 aromatic heterocycles. The largest absolute Gasteiger partial charge is 0.462 e. The van der Waals surface area contributed by atoms with Crippen LogP contribution in [0.2, 0.25) is 0 Å². The van der Waals surface area contributed by atoms with Gasteiger partial charge in [-0.1, -0.05) is 273 Å². The Morgan fingerprint density at radius 1 is 0.292 bits per heavy atom. The highest BCUT2D eigenvalue weighted by molar-refractivity contribution is 5.71. The fourth-order valence-electron chi connectivity index (χ4n) is 8.82. The van der Waals surface area contributed by atoms with Crippen molar-refractivity contribution in [3.63, 3.8) is 0 Å². The molecule has 0 bridgehead atoms. The summed E-state index contributed by atoms with van der Waals surface area (Å²) in [6.45, 7) is 6.53. The molecule has 72 heavy (non-hydrogen) atoms. The van der Waals surface area contributed by atoms with E-state index in [1.165, 1.54) is 167 Å². The van der Waals surface area contributed by atoms with E-state index in [0.29, 0.717) is 19.3 Å².